The summed E-state index contributed by atoms with van der Waals surface area (Å²) in [4.78, 5) is 28.9. The highest BCUT2D eigenvalue weighted by atomic mass is 32.2. The molecule has 1 saturated carbocycles. The van der Waals surface area contributed by atoms with Crippen molar-refractivity contribution in [2.24, 2.45) is 0 Å². The third-order valence-electron chi connectivity index (χ3n) is 7.40. The first-order chi connectivity index (χ1) is 18.7. The van der Waals surface area contributed by atoms with Gasteiger partial charge in [0.25, 0.3) is 10.0 Å². The third kappa shape index (κ3) is 6.87. The summed E-state index contributed by atoms with van der Waals surface area (Å²) >= 11 is 0. The van der Waals surface area contributed by atoms with Crippen molar-refractivity contribution in [1.82, 2.24) is 10.2 Å². The molecule has 0 spiro atoms. The van der Waals surface area contributed by atoms with Crippen molar-refractivity contribution in [3.8, 4) is 0 Å². The molecular weight excluding hydrogens is 510 g/mol. The van der Waals surface area contributed by atoms with Crippen molar-refractivity contribution in [3.05, 3.63) is 95.6 Å². The molecule has 0 radical (unpaired) electrons. The SMILES string of the molecule is Cc1ccc(S(=O)(=O)N(CC(=O)N(Cc2ccccc2C)[C@@H](C)C(=O)NC2CCCC2)c2ccccc2)cc1. The summed E-state index contributed by atoms with van der Waals surface area (Å²) in [5.41, 5.74) is 3.21. The Kier molecular flexibility index (Phi) is 9.07. The highest BCUT2D eigenvalue weighted by molar-refractivity contribution is 7.92. The number of hydrogen-bond acceptors (Lipinski definition) is 4. The molecule has 3 aromatic rings. The van der Waals surface area contributed by atoms with Gasteiger partial charge in [0.2, 0.25) is 11.8 Å². The first-order valence-corrected chi connectivity index (χ1v) is 14.9. The van der Waals surface area contributed by atoms with Gasteiger partial charge >= 0.3 is 0 Å². The van der Waals surface area contributed by atoms with E-state index in [1.165, 1.54) is 4.90 Å². The van der Waals surface area contributed by atoms with Crippen LogP contribution in [0.25, 0.3) is 0 Å². The molecule has 2 amide bonds. The molecule has 0 heterocycles. The van der Waals surface area contributed by atoms with Gasteiger partial charge in [-0.1, -0.05) is 73.0 Å². The third-order valence-corrected chi connectivity index (χ3v) is 9.19. The lowest BCUT2D eigenvalue weighted by atomic mass is 10.1. The minimum Gasteiger partial charge on any atom is -0.352 e. The summed E-state index contributed by atoms with van der Waals surface area (Å²) in [6.45, 7) is 5.31. The summed E-state index contributed by atoms with van der Waals surface area (Å²) in [6, 6.07) is 22.2. The monoisotopic (exact) mass is 547 g/mol. The number of benzene rings is 3. The number of sulfonamides is 1. The van der Waals surface area contributed by atoms with Crippen molar-refractivity contribution in [2.75, 3.05) is 10.8 Å². The number of anilines is 1. The van der Waals surface area contributed by atoms with Gasteiger partial charge < -0.3 is 10.2 Å². The number of para-hydroxylation sites is 1. The van der Waals surface area contributed by atoms with Gasteiger partial charge in [-0.25, -0.2) is 8.42 Å². The van der Waals surface area contributed by atoms with E-state index >= 15 is 0 Å². The molecule has 8 heteroatoms. The molecule has 0 aliphatic heterocycles. The van der Waals surface area contributed by atoms with Crippen molar-refractivity contribution in [2.45, 2.75) is 70.0 Å². The van der Waals surface area contributed by atoms with E-state index in [0.29, 0.717) is 5.69 Å². The minimum absolute atomic E-state index is 0.0993. The van der Waals surface area contributed by atoms with E-state index in [0.717, 1.165) is 46.7 Å². The minimum atomic E-state index is -4.06. The van der Waals surface area contributed by atoms with Gasteiger partial charge in [-0.05, 0) is 69.0 Å². The fourth-order valence-corrected chi connectivity index (χ4v) is 6.32. The van der Waals surface area contributed by atoms with E-state index < -0.39 is 28.5 Å². The lowest BCUT2D eigenvalue weighted by Crippen LogP contribution is -2.52. The summed E-state index contributed by atoms with van der Waals surface area (Å²) < 4.78 is 28.8. The quantitative estimate of drug-likeness (QED) is 0.388. The predicted octanol–water partition coefficient (Wildman–Crippen LogP) is 4.97. The Balaban J connectivity index is 1.67. The fourth-order valence-electron chi connectivity index (χ4n) is 4.91. The Morgan fingerprint density at radius 1 is 0.897 bits per heavy atom. The maximum atomic E-state index is 14.0. The number of amides is 2. The van der Waals surface area contributed by atoms with E-state index in [-0.39, 0.29) is 23.4 Å². The second-order valence-electron chi connectivity index (χ2n) is 10.3. The number of hydrogen-bond donors (Lipinski definition) is 1. The molecule has 0 saturated heterocycles. The number of nitrogens with zero attached hydrogens (tertiary/aromatic N) is 2. The van der Waals surface area contributed by atoms with Gasteiger partial charge in [-0.2, -0.15) is 0 Å². The molecule has 4 rings (SSSR count). The van der Waals surface area contributed by atoms with Gasteiger partial charge in [-0.3, -0.25) is 13.9 Å². The van der Waals surface area contributed by atoms with Crippen LogP contribution in [0.15, 0.2) is 83.8 Å². The smallest absolute Gasteiger partial charge is 0.264 e. The van der Waals surface area contributed by atoms with Crippen LogP contribution >= 0.6 is 0 Å². The second-order valence-corrected chi connectivity index (χ2v) is 12.1. The Morgan fingerprint density at radius 3 is 2.15 bits per heavy atom. The highest BCUT2D eigenvalue weighted by Crippen LogP contribution is 2.25. The maximum Gasteiger partial charge on any atom is 0.264 e. The van der Waals surface area contributed by atoms with Crippen LogP contribution in [-0.4, -0.2) is 43.8 Å². The Morgan fingerprint density at radius 2 is 1.51 bits per heavy atom. The molecule has 0 aromatic heterocycles. The van der Waals surface area contributed by atoms with Crippen LogP contribution in [-0.2, 0) is 26.2 Å². The normalized spacial score (nSPS) is 14.5. The van der Waals surface area contributed by atoms with E-state index in [2.05, 4.69) is 5.32 Å². The van der Waals surface area contributed by atoms with E-state index in [1.807, 2.05) is 38.1 Å². The fraction of sp³-hybridized carbons (Fsp3) is 0.355. The van der Waals surface area contributed by atoms with Crippen LogP contribution in [0.5, 0.6) is 0 Å². The zero-order valence-electron chi connectivity index (χ0n) is 22.8. The van der Waals surface area contributed by atoms with Gasteiger partial charge in [0, 0.05) is 12.6 Å². The Labute approximate surface area is 231 Å². The van der Waals surface area contributed by atoms with Crippen LogP contribution in [0.1, 0.15) is 49.3 Å². The second kappa shape index (κ2) is 12.5. The van der Waals surface area contributed by atoms with Gasteiger partial charge in [0.15, 0.2) is 0 Å². The number of nitrogens with one attached hydrogen (secondary N) is 1. The van der Waals surface area contributed by atoms with Crippen LogP contribution < -0.4 is 9.62 Å². The molecule has 39 heavy (non-hydrogen) atoms. The Bertz CT molecular complexity index is 1380. The highest BCUT2D eigenvalue weighted by Gasteiger charge is 2.33. The van der Waals surface area contributed by atoms with Crippen molar-refractivity contribution < 1.29 is 18.0 Å². The van der Waals surface area contributed by atoms with E-state index in [9.17, 15) is 18.0 Å². The number of carbonyl (C=O) groups excluding carboxylic acids is 2. The zero-order chi connectivity index (χ0) is 28.0. The Hall–Kier alpha value is -3.65. The maximum absolute atomic E-state index is 14.0. The molecule has 0 bridgehead atoms. The molecule has 1 aliphatic rings. The van der Waals surface area contributed by atoms with Crippen LogP contribution in [0.4, 0.5) is 5.69 Å². The van der Waals surface area contributed by atoms with Crippen LogP contribution in [0.2, 0.25) is 0 Å². The topological polar surface area (TPSA) is 86.8 Å². The van der Waals surface area contributed by atoms with Crippen LogP contribution in [0.3, 0.4) is 0 Å². The lowest BCUT2D eigenvalue weighted by molar-refractivity contribution is -0.139. The van der Waals surface area contributed by atoms with E-state index in [4.69, 9.17) is 0 Å². The summed E-state index contributed by atoms with van der Waals surface area (Å²) in [5, 5.41) is 3.10. The molecule has 1 aliphatic carbocycles. The van der Waals surface area contributed by atoms with Crippen molar-refractivity contribution >= 4 is 27.5 Å². The largest absolute Gasteiger partial charge is 0.352 e. The summed E-state index contributed by atoms with van der Waals surface area (Å²) in [6.07, 6.45) is 4.02. The first-order valence-electron chi connectivity index (χ1n) is 13.5. The van der Waals surface area contributed by atoms with Gasteiger partial charge in [0.1, 0.15) is 12.6 Å². The molecular formula is C31H37N3O4S. The average Bonchev–Trinajstić information content (AvgIpc) is 3.44. The zero-order valence-corrected chi connectivity index (χ0v) is 23.7. The van der Waals surface area contributed by atoms with Crippen molar-refractivity contribution in [3.63, 3.8) is 0 Å². The average molecular weight is 548 g/mol. The number of aryl methyl sites for hydroxylation is 2. The van der Waals surface area contributed by atoms with E-state index in [1.54, 1.807) is 61.5 Å². The number of rotatable bonds is 10. The van der Waals surface area contributed by atoms with Crippen molar-refractivity contribution in [1.29, 1.82) is 0 Å². The molecule has 1 N–H and O–H groups in total. The molecule has 1 fully saturated rings. The molecule has 1 atom stereocenters. The summed E-state index contributed by atoms with van der Waals surface area (Å²) in [7, 11) is -4.06. The van der Waals surface area contributed by atoms with Gasteiger partial charge in [0.05, 0.1) is 10.6 Å². The molecule has 0 unspecified atom stereocenters. The van der Waals surface area contributed by atoms with Crippen LogP contribution in [0, 0.1) is 13.8 Å². The molecule has 7 nitrogen and oxygen atoms in total. The van der Waals surface area contributed by atoms with Gasteiger partial charge in [-0.15, -0.1) is 0 Å². The molecule has 206 valence electrons. The standard InChI is InChI=1S/C31H37N3O4S/c1-23-17-19-29(20-18-23)39(37,38)34(28-15-5-4-6-16-28)22-30(35)33(21-26-12-8-7-11-24(26)2)25(3)31(36)32-27-13-9-10-14-27/h4-8,11-12,15-20,25,27H,9-10,13-14,21-22H2,1-3H3,(H,32,36)/t25-/m0/s1. The molecule has 3 aromatic carbocycles. The predicted molar refractivity (Wildman–Crippen MR) is 154 cm³/mol. The lowest BCUT2D eigenvalue weighted by Gasteiger charge is -2.32. The number of carbonyl (C=O) groups is 2. The summed E-state index contributed by atoms with van der Waals surface area (Å²) in [5.74, 6) is -0.677. The first kappa shape index (κ1) is 28.4.